The minimum absolute atomic E-state index is 0.0965. The molecule has 0 aliphatic heterocycles. The van der Waals surface area contributed by atoms with E-state index in [0.29, 0.717) is 28.5 Å². The van der Waals surface area contributed by atoms with Gasteiger partial charge in [0.2, 0.25) is 5.82 Å². The fourth-order valence-electron chi connectivity index (χ4n) is 3.26. The van der Waals surface area contributed by atoms with Crippen LogP contribution < -0.4 is 10.3 Å². The maximum atomic E-state index is 13.2. The number of rotatable bonds is 5. The molecular formula is C21H16N4O3S2. The Labute approximate surface area is 179 Å². The molecule has 4 heterocycles. The van der Waals surface area contributed by atoms with Crippen LogP contribution in [0.4, 0.5) is 0 Å². The summed E-state index contributed by atoms with van der Waals surface area (Å²) in [5.74, 6) is 1.69. The van der Waals surface area contributed by atoms with E-state index in [4.69, 9.17) is 9.26 Å². The number of aromatic nitrogens is 4. The van der Waals surface area contributed by atoms with Gasteiger partial charge in [-0.15, -0.1) is 22.7 Å². The summed E-state index contributed by atoms with van der Waals surface area (Å²) in [5.41, 5.74) is 1.66. The average Bonchev–Trinajstić information content (AvgIpc) is 3.50. The standard InChI is InChI=1S/C21H16N4O3S2/c1-12-16-20(30-17(12)19-23-18(24-28-19)15-7-4-8-29-15)22-11-25(21(16)26)10-13-5-3-6-14(9-13)27-2/h3-9,11H,10H2,1-2H3. The van der Waals surface area contributed by atoms with Crippen molar-refractivity contribution in [1.82, 2.24) is 19.7 Å². The van der Waals surface area contributed by atoms with Gasteiger partial charge in [-0.25, -0.2) is 4.98 Å². The minimum Gasteiger partial charge on any atom is -0.497 e. The second-order valence-electron chi connectivity index (χ2n) is 6.67. The highest BCUT2D eigenvalue weighted by Crippen LogP contribution is 2.36. The van der Waals surface area contributed by atoms with Gasteiger partial charge in [-0.2, -0.15) is 4.98 Å². The lowest BCUT2D eigenvalue weighted by atomic mass is 10.2. The van der Waals surface area contributed by atoms with Crippen LogP contribution >= 0.6 is 22.7 Å². The minimum atomic E-state index is -0.0965. The van der Waals surface area contributed by atoms with Gasteiger partial charge in [-0.1, -0.05) is 23.4 Å². The Morgan fingerprint density at radius 2 is 2.13 bits per heavy atom. The van der Waals surface area contributed by atoms with Crippen molar-refractivity contribution in [1.29, 1.82) is 0 Å². The number of nitrogens with zero attached hydrogens (tertiary/aromatic N) is 4. The summed E-state index contributed by atoms with van der Waals surface area (Å²) < 4.78 is 12.4. The third-order valence-electron chi connectivity index (χ3n) is 4.77. The summed E-state index contributed by atoms with van der Waals surface area (Å²) >= 11 is 2.93. The van der Waals surface area contributed by atoms with E-state index in [0.717, 1.165) is 26.6 Å². The monoisotopic (exact) mass is 436 g/mol. The molecule has 1 aromatic carbocycles. The largest absolute Gasteiger partial charge is 0.497 e. The normalized spacial score (nSPS) is 11.3. The van der Waals surface area contributed by atoms with E-state index in [1.165, 1.54) is 11.3 Å². The molecule has 5 aromatic rings. The Morgan fingerprint density at radius 3 is 2.93 bits per heavy atom. The highest BCUT2D eigenvalue weighted by molar-refractivity contribution is 7.22. The quantitative estimate of drug-likeness (QED) is 0.400. The molecule has 0 spiro atoms. The van der Waals surface area contributed by atoms with Crippen LogP contribution in [-0.4, -0.2) is 26.8 Å². The van der Waals surface area contributed by atoms with Crippen LogP contribution in [0.15, 0.2) is 57.4 Å². The number of hydrogen-bond donors (Lipinski definition) is 0. The molecule has 9 heteroatoms. The van der Waals surface area contributed by atoms with Gasteiger partial charge in [0.25, 0.3) is 11.4 Å². The van der Waals surface area contributed by atoms with E-state index in [9.17, 15) is 4.79 Å². The third-order valence-corrected chi connectivity index (χ3v) is 6.82. The van der Waals surface area contributed by atoms with Crippen LogP contribution in [0, 0.1) is 6.92 Å². The molecular weight excluding hydrogens is 420 g/mol. The first-order valence-corrected chi connectivity index (χ1v) is 10.8. The molecule has 150 valence electrons. The molecule has 0 unspecified atom stereocenters. The van der Waals surface area contributed by atoms with Gasteiger partial charge in [0.05, 0.1) is 35.1 Å². The summed E-state index contributed by atoms with van der Waals surface area (Å²) in [4.78, 5) is 24.6. The molecule has 0 amide bonds. The topological polar surface area (TPSA) is 83.0 Å². The Hall–Kier alpha value is -3.30. The van der Waals surface area contributed by atoms with Crippen molar-refractivity contribution in [3.8, 4) is 27.2 Å². The zero-order chi connectivity index (χ0) is 20.7. The van der Waals surface area contributed by atoms with Crippen LogP contribution in [0.2, 0.25) is 0 Å². The first-order chi connectivity index (χ1) is 14.6. The maximum Gasteiger partial charge on any atom is 0.268 e. The van der Waals surface area contributed by atoms with Gasteiger partial charge in [0, 0.05) is 0 Å². The number of fused-ring (bicyclic) bond motifs is 1. The number of methoxy groups -OCH3 is 1. The molecule has 0 N–H and O–H groups in total. The highest BCUT2D eigenvalue weighted by Gasteiger charge is 2.20. The lowest BCUT2D eigenvalue weighted by Crippen LogP contribution is -2.21. The number of ether oxygens (including phenoxy) is 1. The van der Waals surface area contributed by atoms with E-state index < -0.39 is 0 Å². The molecule has 0 fully saturated rings. The van der Waals surface area contributed by atoms with E-state index >= 15 is 0 Å². The van der Waals surface area contributed by atoms with Gasteiger partial charge in [-0.3, -0.25) is 9.36 Å². The molecule has 0 aliphatic carbocycles. The van der Waals surface area contributed by atoms with Gasteiger partial charge in [0.15, 0.2) is 0 Å². The molecule has 4 aromatic heterocycles. The van der Waals surface area contributed by atoms with Gasteiger partial charge in [-0.05, 0) is 41.6 Å². The Bertz CT molecular complexity index is 1400. The second kappa shape index (κ2) is 7.51. The molecule has 0 radical (unpaired) electrons. The summed E-state index contributed by atoms with van der Waals surface area (Å²) in [5, 5.41) is 6.62. The summed E-state index contributed by atoms with van der Waals surface area (Å²) in [7, 11) is 1.62. The lowest BCUT2D eigenvalue weighted by Gasteiger charge is -2.07. The fraction of sp³-hybridized carbons (Fsp3) is 0.143. The smallest absolute Gasteiger partial charge is 0.268 e. The van der Waals surface area contributed by atoms with Crippen molar-refractivity contribution in [2.45, 2.75) is 13.5 Å². The Kier molecular flexibility index (Phi) is 4.68. The van der Waals surface area contributed by atoms with Gasteiger partial charge < -0.3 is 9.26 Å². The third kappa shape index (κ3) is 3.21. The maximum absolute atomic E-state index is 13.2. The number of hydrogen-bond acceptors (Lipinski definition) is 8. The summed E-state index contributed by atoms with van der Waals surface area (Å²) in [6, 6.07) is 11.5. The molecule has 0 saturated carbocycles. The molecule has 0 atom stereocenters. The fourth-order valence-corrected chi connectivity index (χ4v) is 4.98. The lowest BCUT2D eigenvalue weighted by molar-refractivity contribution is 0.414. The van der Waals surface area contributed by atoms with Crippen molar-refractivity contribution in [3.05, 3.63) is 69.6 Å². The zero-order valence-electron chi connectivity index (χ0n) is 16.2. The predicted molar refractivity (Wildman–Crippen MR) is 117 cm³/mol. The van der Waals surface area contributed by atoms with E-state index in [1.54, 1.807) is 29.3 Å². The van der Waals surface area contributed by atoms with Crippen LogP contribution in [0.1, 0.15) is 11.1 Å². The number of aryl methyl sites for hydroxylation is 1. The molecule has 30 heavy (non-hydrogen) atoms. The van der Waals surface area contributed by atoms with Crippen LogP contribution in [0.25, 0.3) is 31.7 Å². The predicted octanol–water partition coefficient (Wildman–Crippen LogP) is 4.60. The van der Waals surface area contributed by atoms with E-state index in [2.05, 4.69) is 15.1 Å². The molecule has 7 nitrogen and oxygen atoms in total. The van der Waals surface area contributed by atoms with E-state index in [1.807, 2.05) is 48.7 Å². The molecule has 0 aliphatic rings. The first-order valence-electron chi connectivity index (χ1n) is 9.13. The Morgan fingerprint density at radius 1 is 1.23 bits per heavy atom. The average molecular weight is 437 g/mol. The van der Waals surface area contributed by atoms with Crippen molar-refractivity contribution >= 4 is 32.9 Å². The number of benzene rings is 1. The molecule has 0 saturated heterocycles. The summed E-state index contributed by atoms with van der Waals surface area (Å²) in [6.07, 6.45) is 1.58. The van der Waals surface area contributed by atoms with Crippen molar-refractivity contribution in [2.75, 3.05) is 7.11 Å². The highest BCUT2D eigenvalue weighted by atomic mass is 32.1. The second-order valence-corrected chi connectivity index (χ2v) is 8.61. The van der Waals surface area contributed by atoms with Crippen LogP contribution in [0.5, 0.6) is 5.75 Å². The van der Waals surface area contributed by atoms with Gasteiger partial charge in [0.1, 0.15) is 10.6 Å². The molecule has 0 bridgehead atoms. The van der Waals surface area contributed by atoms with Crippen molar-refractivity contribution in [2.24, 2.45) is 0 Å². The van der Waals surface area contributed by atoms with E-state index in [-0.39, 0.29) is 5.56 Å². The molecule has 5 rings (SSSR count). The Balaban J connectivity index is 1.55. The van der Waals surface area contributed by atoms with Gasteiger partial charge >= 0.3 is 0 Å². The number of thiophene rings is 2. The summed E-state index contributed by atoms with van der Waals surface area (Å²) in [6.45, 7) is 2.30. The SMILES string of the molecule is COc1cccc(Cn2cnc3sc(-c4nc(-c5cccs5)no4)c(C)c3c2=O)c1. The van der Waals surface area contributed by atoms with Crippen LogP contribution in [0.3, 0.4) is 0 Å². The van der Waals surface area contributed by atoms with Crippen LogP contribution in [-0.2, 0) is 6.54 Å². The zero-order valence-corrected chi connectivity index (χ0v) is 17.8. The first kappa shape index (κ1) is 18.7. The van der Waals surface area contributed by atoms with Crippen molar-refractivity contribution in [3.63, 3.8) is 0 Å². The van der Waals surface area contributed by atoms with Crippen molar-refractivity contribution < 1.29 is 9.26 Å².